The van der Waals surface area contributed by atoms with E-state index in [-0.39, 0.29) is 17.9 Å². The van der Waals surface area contributed by atoms with E-state index in [4.69, 9.17) is 11.6 Å². The van der Waals surface area contributed by atoms with E-state index >= 15 is 0 Å². The Morgan fingerprint density at radius 1 is 1.10 bits per heavy atom. The zero-order chi connectivity index (χ0) is 21.5. The van der Waals surface area contributed by atoms with Gasteiger partial charge in [0.25, 0.3) is 0 Å². The molecule has 1 N–H and O–H groups in total. The van der Waals surface area contributed by atoms with Gasteiger partial charge in [-0.15, -0.1) is 11.3 Å². The minimum absolute atomic E-state index is 0.183. The van der Waals surface area contributed by atoms with Crippen LogP contribution in [0.1, 0.15) is 50.9 Å². The van der Waals surface area contributed by atoms with Gasteiger partial charge >= 0.3 is 6.03 Å². The molecule has 6 heteroatoms. The Balaban J connectivity index is 1.53. The Bertz CT molecular complexity index is 1140. The first-order valence-corrected chi connectivity index (χ1v) is 11.9. The summed E-state index contributed by atoms with van der Waals surface area (Å²) in [5.41, 5.74) is 5.49. The molecule has 1 atom stereocenters. The molecule has 3 aromatic rings. The maximum atomic E-state index is 13.7. The average Bonchev–Trinajstić information content (AvgIpc) is 3.14. The van der Waals surface area contributed by atoms with Crippen molar-refractivity contribution in [2.45, 2.75) is 45.1 Å². The van der Waals surface area contributed by atoms with Crippen LogP contribution >= 0.6 is 22.9 Å². The van der Waals surface area contributed by atoms with Crippen LogP contribution in [-0.4, -0.2) is 17.5 Å². The molecular formula is C25H24ClFN2OS. The summed E-state index contributed by atoms with van der Waals surface area (Å²) in [5, 5.41) is 3.52. The Morgan fingerprint density at radius 3 is 2.65 bits per heavy atom. The highest BCUT2D eigenvalue weighted by atomic mass is 35.5. The van der Waals surface area contributed by atoms with Crippen LogP contribution in [0.2, 0.25) is 5.02 Å². The highest BCUT2D eigenvalue weighted by Crippen LogP contribution is 2.45. The first kappa shape index (κ1) is 20.5. The molecule has 1 aromatic heterocycles. The van der Waals surface area contributed by atoms with Gasteiger partial charge in [0, 0.05) is 16.3 Å². The van der Waals surface area contributed by atoms with Crippen molar-refractivity contribution in [3.05, 3.63) is 85.3 Å². The number of nitrogens with zero attached hydrogens (tertiary/aromatic N) is 1. The van der Waals surface area contributed by atoms with Crippen LogP contribution in [0.4, 0.5) is 14.9 Å². The summed E-state index contributed by atoms with van der Waals surface area (Å²) in [5.74, 6) is -0.271. The van der Waals surface area contributed by atoms with Gasteiger partial charge in [-0.05, 0) is 85.5 Å². The van der Waals surface area contributed by atoms with E-state index in [9.17, 15) is 9.18 Å². The molecule has 5 rings (SSSR count). The lowest BCUT2D eigenvalue weighted by molar-refractivity contribution is 0.195. The number of benzene rings is 2. The summed E-state index contributed by atoms with van der Waals surface area (Å²) in [6.07, 6.45) is 5.56. The number of thiophene rings is 1. The van der Waals surface area contributed by atoms with Crippen LogP contribution in [0.5, 0.6) is 0 Å². The van der Waals surface area contributed by atoms with Gasteiger partial charge in [0.2, 0.25) is 0 Å². The molecule has 31 heavy (non-hydrogen) atoms. The minimum Gasteiger partial charge on any atom is -0.312 e. The zero-order valence-corrected chi connectivity index (χ0v) is 19.0. The number of urea groups is 1. The molecular weight excluding hydrogens is 431 g/mol. The third kappa shape index (κ3) is 3.85. The van der Waals surface area contributed by atoms with Crippen molar-refractivity contribution in [2.24, 2.45) is 0 Å². The summed E-state index contributed by atoms with van der Waals surface area (Å²) >= 11 is 8.20. The van der Waals surface area contributed by atoms with Crippen molar-refractivity contribution in [3.8, 4) is 0 Å². The maximum absolute atomic E-state index is 13.7. The Kier molecular flexibility index (Phi) is 5.49. The second-order valence-corrected chi connectivity index (χ2v) is 9.91. The molecule has 0 saturated heterocycles. The second-order valence-electron chi connectivity index (χ2n) is 8.36. The van der Waals surface area contributed by atoms with Crippen molar-refractivity contribution >= 4 is 34.7 Å². The quantitative estimate of drug-likeness (QED) is 0.448. The van der Waals surface area contributed by atoms with Crippen LogP contribution in [0, 0.1) is 12.7 Å². The molecule has 3 nitrogen and oxygen atoms in total. The summed E-state index contributed by atoms with van der Waals surface area (Å²) in [6.45, 7) is 2.58. The maximum Gasteiger partial charge on any atom is 0.322 e. The van der Waals surface area contributed by atoms with Crippen LogP contribution in [-0.2, 0) is 19.3 Å². The first-order chi connectivity index (χ1) is 15.0. The Hall–Kier alpha value is -2.37. The molecule has 0 radical (unpaired) electrons. The summed E-state index contributed by atoms with van der Waals surface area (Å²) in [4.78, 5) is 18.0. The fourth-order valence-electron chi connectivity index (χ4n) is 4.75. The number of nitrogens with one attached hydrogen (secondary N) is 1. The van der Waals surface area contributed by atoms with Crippen molar-refractivity contribution in [3.63, 3.8) is 0 Å². The highest BCUT2D eigenvalue weighted by Gasteiger charge is 2.36. The number of amides is 2. The topological polar surface area (TPSA) is 32.3 Å². The van der Waals surface area contributed by atoms with E-state index in [0.29, 0.717) is 17.3 Å². The first-order valence-electron chi connectivity index (χ1n) is 10.7. The fraction of sp³-hybridized carbons (Fsp3) is 0.320. The highest BCUT2D eigenvalue weighted by molar-refractivity contribution is 7.12. The molecule has 2 amide bonds. The predicted molar refractivity (Wildman–Crippen MR) is 125 cm³/mol. The van der Waals surface area contributed by atoms with E-state index in [1.807, 2.05) is 41.4 Å². The standard InChI is InChI=1S/C25H24ClFN2OS/c1-15-6-11-21(20(26)14-15)28-25(30)29-13-12-19-18-4-2-3-5-22(18)31-24(19)23(29)16-7-9-17(27)10-8-16/h6-11,14,23H,2-5,12-13H2,1H3,(H,28,30). The largest absolute Gasteiger partial charge is 0.322 e. The second kappa shape index (κ2) is 8.29. The molecule has 1 aliphatic heterocycles. The van der Waals surface area contributed by atoms with Gasteiger partial charge in [-0.3, -0.25) is 0 Å². The zero-order valence-electron chi connectivity index (χ0n) is 17.4. The van der Waals surface area contributed by atoms with Gasteiger partial charge in [0.1, 0.15) is 5.82 Å². The number of carbonyl (C=O) groups excluding carboxylic acids is 1. The number of carbonyl (C=O) groups is 1. The lowest BCUT2D eigenvalue weighted by Gasteiger charge is -2.36. The number of anilines is 1. The van der Waals surface area contributed by atoms with Gasteiger partial charge in [0.15, 0.2) is 0 Å². The van der Waals surface area contributed by atoms with Gasteiger partial charge in [-0.1, -0.05) is 29.8 Å². The fourth-order valence-corrected chi connectivity index (χ4v) is 6.62. The molecule has 0 spiro atoms. The molecule has 0 bridgehead atoms. The number of hydrogen-bond acceptors (Lipinski definition) is 2. The number of hydrogen-bond donors (Lipinski definition) is 1. The lowest BCUT2D eigenvalue weighted by atomic mass is 9.88. The van der Waals surface area contributed by atoms with Crippen LogP contribution in [0.15, 0.2) is 42.5 Å². The van der Waals surface area contributed by atoms with E-state index in [1.165, 1.54) is 45.9 Å². The number of halogens is 2. The Morgan fingerprint density at radius 2 is 1.87 bits per heavy atom. The van der Waals surface area contributed by atoms with Crippen LogP contribution < -0.4 is 5.32 Å². The third-order valence-electron chi connectivity index (χ3n) is 6.29. The molecule has 2 aromatic carbocycles. The molecule has 1 unspecified atom stereocenters. The number of rotatable bonds is 2. The van der Waals surface area contributed by atoms with Gasteiger partial charge in [-0.25, -0.2) is 9.18 Å². The predicted octanol–water partition coefficient (Wildman–Crippen LogP) is 6.91. The van der Waals surface area contributed by atoms with Crippen LogP contribution in [0.25, 0.3) is 0 Å². The van der Waals surface area contributed by atoms with Crippen molar-refractivity contribution in [1.29, 1.82) is 0 Å². The summed E-state index contributed by atoms with van der Waals surface area (Å²) < 4.78 is 13.7. The smallest absolute Gasteiger partial charge is 0.312 e. The third-order valence-corrected chi connectivity index (χ3v) is 7.99. The molecule has 2 aliphatic rings. The molecule has 2 heterocycles. The average molecular weight is 455 g/mol. The molecule has 160 valence electrons. The van der Waals surface area contributed by atoms with E-state index in [1.54, 1.807) is 12.1 Å². The lowest BCUT2D eigenvalue weighted by Crippen LogP contribution is -2.42. The minimum atomic E-state index is -0.271. The monoisotopic (exact) mass is 454 g/mol. The van der Waals surface area contributed by atoms with Crippen molar-refractivity contribution < 1.29 is 9.18 Å². The van der Waals surface area contributed by atoms with Gasteiger partial charge in [-0.2, -0.15) is 0 Å². The SMILES string of the molecule is Cc1ccc(NC(=O)N2CCc3c(sc4c3CCCC4)C2c2ccc(F)cc2)c(Cl)c1. The number of aryl methyl sites for hydroxylation is 2. The molecule has 0 fully saturated rings. The van der Waals surface area contributed by atoms with E-state index < -0.39 is 0 Å². The van der Waals surface area contributed by atoms with E-state index in [0.717, 1.165) is 30.4 Å². The normalized spacial score (nSPS) is 17.8. The Labute approximate surface area is 190 Å². The molecule has 0 saturated carbocycles. The summed E-state index contributed by atoms with van der Waals surface area (Å²) in [7, 11) is 0. The van der Waals surface area contributed by atoms with Crippen LogP contribution in [0.3, 0.4) is 0 Å². The van der Waals surface area contributed by atoms with Crippen molar-refractivity contribution in [2.75, 3.05) is 11.9 Å². The van der Waals surface area contributed by atoms with E-state index in [2.05, 4.69) is 5.32 Å². The van der Waals surface area contributed by atoms with Gasteiger partial charge < -0.3 is 10.2 Å². The van der Waals surface area contributed by atoms with Gasteiger partial charge in [0.05, 0.1) is 16.8 Å². The van der Waals surface area contributed by atoms with Crippen molar-refractivity contribution in [1.82, 2.24) is 4.90 Å². The summed E-state index contributed by atoms with van der Waals surface area (Å²) in [6, 6.07) is 11.8. The number of fused-ring (bicyclic) bond motifs is 3. The molecule has 1 aliphatic carbocycles.